The van der Waals surface area contributed by atoms with Crippen LogP contribution >= 0.6 is 34.8 Å². The van der Waals surface area contributed by atoms with Gasteiger partial charge in [-0.25, -0.2) is 4.68 Å². The molecule has 1 amide bonds. The summed E-state index contributed by atoms with van der Waals surface area (Å²) in [6, 6.07) is 3.28. The zero-order valence-corrected chi connectivity index (χ0v) is 17.5. The number of piperidine rings is 1. The Balaban J connectivity index is 1.62. The maximum absolute atomic E-state index is 13.2. The zero-order valence-electron chi connectivity index (χ0n) is 15.2. The third kappa shape index (κ3) is 3.47. The molecule has 28 heavy (non-hydrogen) atoms. The van der Waals surface area contributed by atoms with Crippen molar-refractivity contribution >= 4 is 40.7 Å². The SMILES string of the molecule is CCOC1CC2CCC(C1)N2C(=O)c1nn(-c2c(Cl)cc(Cl)cc2Cl)cc1O. The molecule has 2 saturated heterocycles. The number of hydrogen-bond donors (Lipinski definition) is 1. The maximum atomic E-state index is 13.2. The minimum Gasteiger partial charge on any atom is -0.504 e. The Morgan fingerprint density at radius 2 is 1.82 bits per heavy atom. The van der Waals surface area contributed by atoms with Gasteiger partial charge in [-0.2, -0.15) is 5.10 Å². The third-order valence-electron chi connectivity index (χ3n) is 5.43. The molecular formula is C19H20Cl3N3O3. The number of amides is 1. The lowest BCUT2D eigenvalue weighted by Gasteiger charge is -2.38. The number of carbonyl (C=O) groups is 1. The molecule has 2 unspecified atom stereocenters. The molecule has 2 fully saturated rings. The molecule has 2 bridgehead atoms. The Morgan fingerprint density at radius 1 is 1.21 bits per heavy atom. The number of carbonyl (C=O) groups excluding carboxylic acids is 1. The van der Waals surface area contributed by atoms with Crippen molar-refractivity contribution in [3.63, 3.8) is 0 Å². The average molecular weight is 445 g/mol. The summed E-state index contributed by atoms with van der Waals surface area (Å²) in [6.45, 7) is 2.66. The summed E-state index contributed by atoms with van der Waals surface area (Å²) in [4.78, 5) is 15.0. The van der Waals surface area contributed by atoms with Gasteiger partial charge in [-0.3, -0.25) is 4.79 Å². The van der Waals surface area contributed by atoms with Crippen molar-refractivity contribution in [2.45, 2.75) is 50.8 Å². The van der Waals surface area contributed by atoms with E-state index in [0.717, 1.165) is 25.7 Å². The standard InChI is InChI=1S/C19H20Cl3N3O3/c1-2-28-13-7-11-3-4-12(8-13)25(11)19(27)17-16(26)9-24(23-17)18-14(21)5-10(20)6-15(18)22/h5-6,9,11-13,26H,2-4,7-8H2,1H3. The van der Waals surface area contributed by atoms with Crippen LogP contribution in [0.15, 0.2) is 18.3 Å². The predicted octanol–water partition coefficient (Wildman–Crippen LogP) is 4.71. The van der Waals surface area contributed by atoms with Gasteiger partial charge in [0.15, 0.2) is 11.4 Å². The molecule has 3 heterocycles. The molecule has 1 N–H and O–H groups in total. The van der Waals surface area contributed by atoms with E-state index in [-0.39, 0.29) is 45.6 Å². The first-order valence-electron chi connectivity index (χ1n) is 9.26. The van der Waals surface area contributed by atoms with Crippen LogP contribution in [0.1, 0.15) is 43.1 Å². The van der Waals surface area contributed by atoms with Gasteiger partial charge in [0.25, 0.3) is 5.91 Å². The number of fused-ring (bicyclic) bond motifs is 2. The lowest BCUT2D eigenvalue weighted by molar-refractivity contribution is -0.00974. The Kier molecular flexibility index (Phi) is 5.49. The first-order valence-corrected chi connectivity index (χ1v) is 10.4. The highest BCUT2D eigenvalue weighted by atomic mass is 35.5. The molecule has 150 valence electrons. The fourth-order valence-electron chi connectivity index (χ4n) is 4.34. The highest BCUT2D eigenvalue weighted by molar-refractivity contribution is 6.40. The lowest BCUT2D eigenvalue weighted by atomic mass is 9.99. The highest BCUT2D eigenvalue weighted by Gasteiger charge is 2.44. The molecule has 1 aromatic heterocycles. The number of aromatic nitrogens is 2. The van der Waals surface area contributed by atoms with Crippen molar-refractivity contribution in [2.75, 3.05) is 6.61 Å². The largest absolute Gasteiger partial charge is 0.504 e. The van der Waals surface area contributed by atoms with Crippen LogP contribution in [0, 0.1) is 0 Å². The van der Waals surface area contributed by atoms with Crippen LogP contribution in [0.3, 0.4) is 0 Å². The van der Waals surface area contributed by atoms with Gasteiger partial charge in [-0.15, -0.1) is 0 Å². The second-order valence-electron chi connectivity index (χ2n) is 7.17. The summed E-state index contributed by atoms with van der Waals surface area (Å²) in [6.07, 6.45) is 5.03. The van der Waals surface area contributed by atoms with Gasteiger partial charge >= 0.3 is 0 Å². The number of nitrogens with zero attached hydrogens (tertiary/aromatic N) is 3. The lowest BCUT2D eigenvalue weighted by Crippen LogP contribution is -2.48. The number of benzene rings is 1. The first-order chi connectivity index (χ1) is 13.4. The minimum absolute atomic E-state index is 0.00570. The molecule has 2 atom stereocenters. The molecule has 2 aliphatic heterocycles. The molecule has 0 radical (unpaired) electrons. The van der Waals surface area contributed by atoms with E-state index >= 15 is 0 Å². The van der Waals surface area contributed by atoms with E-state index in [0.29, 0.717) is 17.3 Å². The summed E-state index contributed by atoms with van der Waals surface area (Å²) < 4.78 is 7.09. The van der Waals surface area contributed by atoms with Gasteiger partial charge in [0.05, 0.1) is 22.3 Å². The van der Waals surface area contributed by atoms with Crippen molar-refractivity contribution in [3.8, 4) is 11.4 Å². The Bertz CT molecular complexity index is 880. The van der Waals surface area contributed by atoms with E-state index in [1.807, 2.05) is 11.8 Å². The van der Waals surface area contributed by atoms with Gasteiger partial charge in [0, 0.05) is 23.7 Å². The topological polar surface area (TPSA) is 67.6 Å². The molecular weight excluding hydrogens is 425 g/mol. The third-order valence-corrected chi connectivity index (χ3v) is 6.23. The van der Waals surface area contributed by atoms with E-state index in [4.69, 9.17) is 39.5 Å². The molecule has 1 aromatic carbocycles. The fraction of sp³-hybridized carbons (Fsp3) is 0.474. The van der Waals surface area contributed by atoms with Gasteiger partial charge in [0.1, 0.15) is 5.69 Å². The van der Waals surface area contributed by atoms with Crippen molar-refractivity contribution < 1.29 is 14.6 Å². The number of rotatable bonds is 4. The van der Waals surface area contributed by atoms with E-state index < -0.39 is 0 Å². The first kappa shape index (κ1) is 19.8. The van der Waals surface area contributed by atoms with Crippen molar-refractivity contribution in [3.05, 3.63) is 39.1 Å². The quantitative estimate of drug-likeness (QED) is 0.741. The number of halogens is 3. The minimum atomic E-state index is -0.278. The van der Waals surface area contributed by atoms with Crippen LogP contribution in [0.25, 0.3) is 5.69 Å². The highest BCUT2D eigenvalue weighted by Crippen LogP contribution is 2.39. The van der Waals surface area contributed by atoms with Crippen LogP contribution in [0.4, 0.5) is 0 Å². The van der Waals surface area contributed by atoms with Gasteiger partial charge < -0.3 is 14.7 Å². The van der Waals surface area contributed by atoms with Crippen molar-refractivity contribution in [1.29, 1.82) is 0 Å². The Hall–Kier alpha value is -1.47. The van der Waals surface area contributed by atoms with Crippen molar-refractivity contribution in [1.82, 2.24) is 14.7 Å². The molecule has 0 saturated carbocycles. The fourth-order valence-corrected chi connectivity index (χ4v) is 5.33. The molecule has 6 nitrogen and oxygen atoms in total. The second kappa shape index (κ2) is 7.75. The Labute approximate surface area is 177 Å². The van der Waals surface area contributed by atoms with Crippen LogP contribution < -0.4 is 0 Å². The summed E-state index contributed by atoms with van der Waals surface area (Å²) in [5.74, 6) is -0.488. The molecule has 0 spiro atoms. The Morgan fingerprint density at radius 3 is 2.39 bits per heavy atom. The van der Waals surface area contributed by atoms with Gasteiger partial charge in [-0.05, 0) is 44.7 Å². The number of hydrogen-bond acceptors (Lipinski definition) is 4. The van der Waals surface area contributed by atoms with Crippen LogP contribution in [-0.4, -0.2) is 50.5 Å². The monoisotopic (exact) mass is 443 g/mol. The summed E-state index contributed by atoms with van der Waals surface area (Å²) >= 11 is 18.4. The van der Waals surface area contributed by atoms with E-state index in [9.17, 15) is 9.90 Å². The van der Waals surface area contributed by atoms with E-state index in [1.54, 1.807) is 0 Å². The molecule has 2 aliphatic rings. The summed E-state index contributed by atoms with van der Waals surface area (Å²) in [5.41, 5.74) is 0.356. The van der Waals surface area contributed by atoms with Gasteiger partial charge in [-0.1, -0.05) is 34.8 Å². The predicted molar refractivity (Wildman–Crippen MR) is 108 cm³/mol. The van der Waals surface area contributed by atoms with Crippen LogP contribution in [0.2, 0.25) is 15.1 Å². The number of ether oxygens (including phenoxy) is 1. The van der Waals surface area contributed by atoms with Crippen LogP contribution in [0.5, 0.6) is 5.75 Å². The zero-order chi connectivity index (χ0) is 20.0. The number of aromatic hydroxyl groups is 1. The smallest absolute Gasteiger partial charge is 0.278 e. The normalized spacial score (nSPS) is 24.0. The molecule has 2 aromatic rings. The van der Waals surface area contributed by atoms with Crippen LogP contribution in [-0.2, 0) is 4.74 Å². The summed E-state index contributed by atoms with van der Waals surface area (Å²) in [7, 11) is 0. The van der Waals surface area contributed by atoms with Crippen molar-refractivity contribution in [2.24, 2.45) is 0 Å². The molecule has 4 rings (SSSR count). The average Bonchev–Trinajstić information content (AvgIpc) is 3.11. The van der Waals surface area contributed by atoms with E-state index in [2.05, 4.69) is 5.10 Å². The molecule has 9 heteroatoms. The van der Waals surface area contributed by atoms with Gasteiger partial charge in [0.2, 0.25) is 0 Å². The second-order valence-corrected chi connectivity index (χ2v) is 8.42. The summed E-state index contributed by atoms with van der Waals surface area (Å²) in [5, 5.41) is 15.6. The maximum Gasteiger partial charge on any atom is 0.278 e. The van der Waals surface area contributed by atoms with E-state index in [1.165, 1.54) is 23.0 Å². The molecule has 0 aliphatic carbocycles.